The summed E-state index contributed by atoms with van der Waals surface area (Å²) in [6.45, 7) is 0. The van der Waals surface area contributed by atoms with Crippen LogP contribution in [0.3, 0.4) is 0 Å². The van der Waals surface area contributed by atoms with Crippen LogP contribution in [0.4, 0.5) is 9.39 Å². The number of thiophene rings is 1. The molecule has 5 rings (SSSR count). The molecule has 0 saturated carbocycles. The van der Waals surface area contributed by atoms with Crippen molar-refractivity contribution in [2.75, 3.05) is 5.32 Å². The van der Waals surface area contributed by atoms with Crippen LogP contribution in [0.2, 0.25) is 0 Å². The van der Waals surface area contributed by atoms with Crippen molar-refractivity contribution >= 4 is 59.7 Å². The largest absolute Gasteiger partial charge is 0.313 e. The number of benzene rings is 2. The Morgan fingerprint density at radius 2 is 1.93 bits per heavy atom. The molecule has 0 radical (unpaired) electrons. The number of fused-ring (bicyclic) bond motifs is 2. The van der Waals surface area contributed by atoms with Gasteiger partial charge in [0, 0.05) is 14.9 Å². The first-order valence-corrected chi connectivity index (χ1v) is 11.8. The summed E-state index contributed by atoms with van der Waals surface area (Å²) in [5, 5.41) is 4.66. The number of carbonyl (C=O) groups excluding carboxylic acids is 1. The van der Waals surface area contributed by atoms with Gasteiger partial charge in [0.05, 0.1) is 15.8 Å². The number of carbonyl (C=O) groups is 1. The SMILES string of the molecule is O=C(Nc1sc2c(c1-c1nc3ccccc3s1)CCCC2)c1ccc(Br)cc1F. The number of thiazole rings is 1. The fourth-order valence-corrected chi connectivity index (χ4v) is 6.43. The predicted molar refractivity (Wildman–Crippen MR) is 122 cm³/mol. The summed E-state index contributed by atoms with van der Waals surface area (Å²) < 4.78 is 16.0. The first-order chi connectivity index (χ1) is 14.1. The molecule has 2 aromatic carbocycles. The highest BCUT2D eigenvalue weighted by atomic mass is 79.9. The zero-order valence-electron chi connectivity index (χ0n) is 15.3. The van der Waals surface area contributed by atoms with Crippen LogP contribution < -0.4 is 5.32 Å². The van der Waals surface area contributed by atoms with Crippen LogP contribution in [0.15, 0.2) is 46.9 Å². The van der Waals surface area contributed by atoms with Crippen LogP contribution in [-0.4, -0.2) is 10.9 Å². The topological polar surface area (TPSA) is 42.0 Å². The van der Waals surface area contributed by atoms with E-state index in [0.29, 0.717) is 4.47 Å². The summed E-state index contributed by atoms with van der Waals surface area (Å²) in [6.07, 6.45) is 4.29. The first kappa shape index (κ1) is 18.9. The Balaban J connectivity index is 1.59. The second kappa shape index (κ2) is 7.63. The van der Waals surface area contributed by atoms with E-state index < -0.39 is 11.7 Å². The summed E-state index contributed by atoms with van der Waals surface area (Å²) in [7, 11) is 0. The minimum absolute atomic E-state index is 0.0369. The maximum Gasteiger partial charge on any atom is 0.259 e. The number of aryl methyl sites for hydroxylation is 1. The number of nitrogens with one attached hydrogen (secondary N) is 1. The lowest BCUT2D eigenvalue weighted by molar-refractivity contribution is 0.102. The number of amides is 1. The molecule has 0 atom stereocenters. The molecule has 29 heavy (non-hydrogen) atoms. The van der Waals surface area contributed by atoms with E-state index in [4.69, 9.17) is 4.98 Å². The molecular weight excluding hydrogens is 471 g/mol. The summed E-state index contributed by atoms with van der Waals surface area (Å²) in [6, 6.07) is 12.5. The summed E-state index contributed by atoms with van der Waals surface area (Å²) in [4.78, 5) is 19.0. The minimum atomic E-state index is -0.542. The van der Waals surface area contributed by atoms with E-state index in [2.05, 4.69) is 27.3 Å². The van der Waals surface area contributed by atoms with Crippen molar-refractivity contribution < 1.29 is 9.18 Å². The lowest BCUT2D eigenvalue weighted by atomic mass is 9.95. The number of hydrogen-bond acceptors (Lipinski definition) is 4. The van der Waals surface area contributed by atoms with Crippen LogP contribution >= 0.6 is 38.6 Å². The van der Waals surface area contributed by atoms with Gasteiger partial charge in [0.2, 0.25) is 0 Å². The van der Waals surface area contributed by atoms with Crippen molar-refractivity contribution in [3.63, 3.8) is 0 Å². The van der Waals surface area contributed by atoms with Crippen molar-refractivity contribution in [3.8, 4) is 10.6 Å². The standard InChI is InChI=1S/C22H16BrFN2OS2/c23-12-9-10-13(15(24)11-12)20(27)26-22-19(14-5-1-3-7-17(14)28-22)21-25-16-6-2-4-8-18(16)29-21/h2,4,6,8-11H,1,3,5,7H2,(H,26,27). The molecule has 2 heterocycles. The van der Waals surface area contributed by atoms with Crippen LogP contribution in [0.5, 0.6) is 0 Å². The number of hydrogen-bond donors (Lipinski definition) is 1. The van der Waals surface area contributed by atoms with Crippen molar-refractivity contribution in [2.45, 2.75) is 25.7 Å². The van der Waals surface area contributed by atoms with Gasteiger partial charge in [0.1, 0.15) is 15.8 Å². The summed E-state index contributed by atoms with van der Waals surface area (Å²) in [5.41, 5.74) is 3.29. The monoisotopic (exact) mass is 486 g/mol. The molecule has 1 amide bonds. The Morgan fingerprint density at radius 3 is 2.76 bits per heavy atom. The van der Waals surface area contributed by atoms with E-state index in [0.717, 1.165) is 51.5 Å². The van der Waals surface area contributed by atoms with Crippen LogP contribution in [0, 0.1) is 5.82 Å². The van der Waals surface area contributed by atoms with E-state index in [1.165, 1.54) is 22.6 Å². The molecule has 1 aliphatic carbocycles. The third-order valence-corrected chi connectivity index (χ3v) is 7.84. The number of rotatable bonds is 3. The third kappa shape index (κ3) is 3.52. The highest BCUT2D eigenvalue weighted by molar-refractivity contribution is 9.10. The van der Waals surface area contributed by atoms with Crippen LogP contribution in [0.25, 0.3) is 20.8 Å². The first-order valence-electron chi connectivity index (χ1n) is 9.37. The molecule has 0 aliphatic heterocycles. The molecule has 146 valence electrons. The molecular formula is C22H16BrFN2OS2. The average Bonchev–Trinajstić information content (AvgIpc) is 3.28. The van der Waals surface area contributed by atoms with Crippen LogP contribution in [0.1, 0.15) is 33.6 Å². The molecule has 3 nitrogen and oxygen atoms in total. The lowest BCUT2D eigenvalue weighted by Crippen LogP contribution is -2.13. The number of anilines is 1. The molecule has 0 fully saturated rings. The van der Waals surface area contributed by atoms with Gasteiger partial charge >= 0.3 is 0 Å². The van der Waals surface area contributed by atoms with E-state index in [9.17, 15) is 9.18 Å². The van der Waals surface area contributed by atoms with Gasteiger partial charge in [-0.2, -0.15) is 0 Å². The highest BCUT2D eigenvalue weighted by Gasteiger charge is 2.26. The number of halogens is 2. The Bertz CT molecular complexity index is 1210. The molecule has 2 aromatic heterocycles. The number of nitrogens with zero attached hydrogens (tertiary/aromatic N) is 1. The van der Waals surface area contributed by atoms with Gasteiger partial charge in [0.15, 0.2) is 0 Å². The van der Waals surface area contributed by atoms with Crippen molar-refractivity contribution in [1.29, 1.82) is 0 Å². The number of para-hydroxylation sites is 1. The van der Waals surface area contributed by atoms with Gasteiger partial charge < -0.3 is 5.32 Å². The molecule has 7 heteroatoms. The second-order valence-corrected chi connectivity index (χ2v) is 10.0. The van der Waals surface area contributed by atoms with Crippen molar-refractivity contribution in [2.24, 2.45) is 0 Å². The summed E-state index contributed by atoms with van der Waals surface area (Å²) in [5.74, 6) is -0.976. The van der Waals surface area contributed by atoms with E-state index in [-0.39, 0.29) is 5.56 Å². The molecule has 0 unspecified atom stereocenters. The van der Waals surface area contributed by atoms with Gasteiger partial charge in [0.25, 0.3) is 5.91 Å². The summed E-state index contributed by atoms with van der Waals surface area (Å²) >= 11 is 6.47. The van der Waals surface area contributed by atoms with E-state index in [1.807, 2.05) is 18.2 Å². The van der Waals surface area contributed by atoms with E-state index >= 15 is 0 Å². The zero-order chi connectivity index (χ0) is 20.0. The van der Waals surface area contributed by atoms with Gasteiger partial charge in [-0.15, -0.1) is 22.7 Å². The third-order valence-electron chi connectivity index (χ3n) is 5.08. The van der Waals surface area contributed by atoms with Crippen molar-refractivity contribution in [3.05, 3.63) is 68.8 Å². The average molecular weight is 487 g/mol. The molecule has 1 N–H and O–H groups in total. The maximum atomic E-state index is 14.3. The Hall–Kier alpha value is -2.09. The fraction of sp³-hybridized carbons (Fsp3) is 0.182. The molecule has 0 bridgehead atoms. The molecule has 0 saturated heterocycles. The van der Waals surface area contributed by atoms with Crippen LogP contribution in [-0.2, 0) is 12.8 Å². The van der Waals surface area contributed by atoms with Gasteiger partial charge in [-0.3, -0.25) is 4.79 Å². The Labute approximate surface area is 183 Å². The molecule has 0 spiro atoms. The zero-order valence-corrected chi connectivity index (χ0v) is 18.5. The fourth-order valence-electron chi connectivity index (χ4n) is 3.70. The molecule has 4 aromatic rings. The van der Waals surface area contributed by atoms with E-state index in [1.54, 1.807) is 28.7 Å². The molecule has 1 aliphatic rings. The quantitative estimate of drug-likeness (QED) is 0.336. The van der Waals surface area contributed by atoms with Gasteiger partial charge in [-0.25, -0.2) is 9.37 Å². The Kier molecular flexibility index (Phi) is 4.97. The Morgan fingerprint density at radius 1 is 1.10 bits per heavy atom. The second-order valence-electron chi connectivity index (χ2n) is 6.98. The maximum absolute atomic E-state index is 14.3. The van der Waals surface area contributed by atoms with Gasteiger partial charge in [-0.1, -0.05) is 28.1 Å². The smallest absolute Gasteiger partial charge is 0.259 e. The predicted octanol–water partition coefficient (Wildman–Crippen LogP) is 7.06. The highest BCUT2D eigenvalue weighted by Crippen LogP contribution is 2.46. The van der Waals surface area contributed by atoms with Gasteiger partial charge in [-0.05, 0) is 61.6 Å². The van der Waals surface area contributed by atoms with Crippen molar-refractivity contribution in [1.82, 2.24) is 4.98 Å². The lowest BCUT2D eigenvalue weighted by Gasteiger charge is -2.12. The minimum Gasteiger partial charge on any atom is -0.313 e. The number of aromatic nitrogens is 1. The normalized spacial score (nSPS) is 13.4.